The first-order valence-electron chi connectivity index (χ1n) is 9.88. The Hall–Kier alpha value is -4.31. The summed E-state index contributed by atoms with van der Waals surface area (Å²) in [6.07, 6.45) is 0. The molecule has 0 saturated carbocycles. The molecule has 0 radical (unpaired) electrons. The molecule has 0 spiro atoms. The van der Waals surface area contributed by atoms with Gasteiger partial charge in [-0.1, -0.05) is 0 Å². The van der Waals surface area contributed by atoms with Gasteiger partial charge in [-0.15, -0.1) is 0 Å². The molecule has 1 fully saturated rings. The predicted molar refractivity (Wildman–Crippen MR) is 117 cm³/mol. The number of aryl methyl sites for hydroxylation is 2. The lowest BCUT2D eigenvalue weighted by Gasteiger charge is -2.23. The minimum absolute atomic E-state index is 0.0676. The second-order valence-electron chi connectivity index (χ2n) is 7.46. The molecule has 7 heteroatoms. The Morgan fingerprint density at radius 2 is 1.81 bits per heavy atom. The SMILES string of the molecule is COc1ccc(/C(O)=C2/C(=O)C(=O)N(c3ccc(C#N)cc3)C2c2ccc(C)o2)c(C)c1. The van der Waals surface area contributed by atoms with E-state index in [1.807, 2.05) is 6.07 Å². The molecular formula is C25H20N2O5. The van der Waals surface area contributed by atoms with E-state index in [9.17, 15) is 14.7 Å². The van der Waals surface area contributed by atoms with E-state index in [4.69, 9.17) is 14.4 Å². The number of Topliss-reactive ketones (excluding diaryl/α,β-unsaturated/α-hetero) is 1. The number of ether oxygens (including phenoxy) is 1. The summed E-state index contributed by atoms with van der Waals surface area (Å²) in [5.41, 5.74) is 1.86. The number of hydrogen-bond acceptors (Lipinski definition) is 6. The van der Waals surface area contributed by atoms with Crippen LogP contribution in [0.2, 0.25) is 0 Å². The van der Waals surface area contributed by atoms with Gasteiger partial charge in [0.05, 0.1) is 24.3 Å². The molecule has 1 unspecified atom stereocenters. The smallest absolute Gasteiger partial charge is 0.300 e. The number of amides is 1. The summed E-state index contributed by atoms with van der Waals surface area (Å²) in [6, 6.07) is 15.8. The summed E-state index contributed by atoms with van der Waals surface area (Å²) in [5, 5.41) is 20.3. The van der Waals surface area contributed by atoms with Crippen LogP contribution < -0.4 is 9.64 Å². The average Bonchev–Trinajstić information content (AvgIpc) is 3.34. The van der Waals surface area contributed by atoms with Crippen LogP contribution in [0.4, 0.5) is 5.69 Å². The summed E-state index contributed by atoms with van der Waals surface area (Å²) in [4.78, 5) is 27.5. The molecule has 1 saturated heterocycles. The molecule has 1 aromatic heterocycles. The molecule has 160 valence electrons. The average molecular weight is 428 g/mol. The van der Waals surface area contributed by atoms with Gasteiger partial charge in [-0.2, -0.15) is 5.26 Å². The van der Waals surface area contributed by atoms with E-state index in [-0.39, 0.29) is 11.3 Å². The van der Waals surface area contributed by atoms with Crippen LogP contribution in [0, 0.1) is 25.2 Å². The molecule has 0 bridgehead atoms. The van der Waals surface area contributed by atoms with Crippen molar-refractivity contribution >= 4 is 23.1 Å². The number of anilines is 1. The van der Waals surface area contributed by atoms with Crippen LogP contribution in [-0.2, 0) is 9.59 Å². The fourth-order valence-corrected chi connectivity index (χ4v) is 3.84. The van der Waals surface area contributed by atoms with Crippen LogP contribution in [-0.4, -0.2) is 23.9 Å². The van der Waals surface area contributed by atoms with Crippen molar-refractivity contribution in [1.29, 1.82) is 5.26 Å². The summed E-state index contributed by atoms with van der Waals surface area (Å²) in [7, 11) is 1.54. The van der Waals surface area contributed by atoms with Crippen molar-refractivity contribution in [2.45, 2.75) is 19.9 Å². The molecule has 1 amide bonds. The molecule has 3 aromatic rings. The van der Waals surface area contributed by atoms with Gasteiger partial charge in [0.1, 0.15) is 29.1 Å². The summed E-state index contributed by atoms with van der Waals surface area (Å²) >= 11 is 0. The molecular weight excluding hydrogens is 408 g/mol. The van der Waals surface area contributed by atoms with Gasteiger partial charge in [0.2, 0.25) is 0 Å². The number of carbonyl (C=O) groups excluding carboxylic acids is 2. The Morgan fingerprint density at radius 1 is 1.09 bits per heavy atom. The highest BCUT2D eigenvalue weighted by atomic mass is 16.5. The van der Waals surface area contributed by atoms with Crippen molar-refractivity contribution in [2.75, 3.05) is 12.0 Å². The van der Waals surface area contributed by atoms with Crippen molar-refractivity contribution < 1.29 is 23.8 Å². The number of carbonyl (C=O) groups is 2. The topological polar surface area (TPSA) is 104 Å². The lowest BCUT2D eigenvalue weighted by atomic mass is 9.96. The number of rotatable bonds is 4. The third kappa shape index (κ3) is 3.42. The zero-order valence-corrected chi connectivity index (χ0v) is 17.7. The minimum atomic E-state index is -0.960. The third-order valence-electron chi connectivity index (χ3n) is 5.44. The van der Waals surface area contributed by atoms with Gasteiger partial charge in [-0.25, -0.2) is 0 Å². The van der Waals surface area contributed by atoms with E-state index in [0.29, 0.717) is 39.6 Å². The van der Waals surface area contributed by atoms with Gasteiger partial charge in [0.15, 0.2) is 0 Å². The van der Waals surface area contributed by atoms with E-state index in [2.05, 4.69) is 0 Å². The second-order valence-corrected chi connectivity index (χ2v) is 7.46. The lowest BCUT2D eigenvalue weighted by molar-refractivity contribution is -0.132. The number of methoxy groups -OCH3 is 1. The van der Waals surface area contributed by atoms with E-state index in [1.165, 1.54) is 12.0 Å². The Labute approximate surface area is 184 Å². The highest BCUT2D eigenvalue weighted by molar-refractivity contribution is 6.51. The van der Waals surface area contributed by atoms with Gasteiger partial charge in [-0.3, -0.25) is 14.5 Å². The summed E-state index contributed by atoms with van der Waals surface area (Å²) < 4.78 is 11.0. The maximum Gasteiger partial charge on any atom is 0.300 e. The van der Waals surface area contributed by atoms with Crippen molar-refractivity contribution in [2.24, 2.45) is 0 Å². The van der Waals surface area contributed by atoms with E-state index in [1.54, 1.807) is 68.4 Å². The Morgan fingerprint density at radius 3 is 2.38 bits per heavy atom. The summed E-state index contributed by atoms with van der Waals surface area (Å²) in [5.74, 6) is -0.346. The molecule has 0 aliphatic carbocycles. The Bertz CT molecular complexity index is 1290. The van der Waals surface area contributed by atoms with Crippen LogP contribution in [0.1, 0.15) is 34.3 Å². The van der Waals surface area contributed by atoms with Gasteiger partial charge in [0.25, 0.3) is 11.7 Å². The van der Waals surface area contributed by atoms with E-state index >= 15 is 0 Å². The highest BCUT2D eigenvalue weighted by Crippen LogP contribution is 2.43. The van der Waals surface area contributed by atoms with Crippen molar-refractivity contribution in [3.05, 3.63) is 88.4 Å². The second kappa shape index (κ2) is 8.08. The summed E-state index contributed by atoms with van der Waals surface area (Å²) in [6.45, 7) is 3.53. The van der Waals surface area contributed by atoms with Crippen LogP contribution >= 0.6 is 0 Å². The Kier molecular flexibility index (Phi) is 5.29. The van der Waals surface area contributed by atoms with E-state index in [0.717, 1.165) is 0 Å². The van der Waals surface area contributed by atoms with Crippen LogP contribution in [0.15, 0.2) is 64.6 Å². The fraction of sp³-hybridized carbons (Fsp3) is 0.160. The monoisotopic (exact) mass is 428 g/mol. The van der Waals surface area contributed by atoms with Gasteiger partial charge < -0.3 is 14.3 Å². The Balaban J connectivity index is 1.92. The van der Waals surface area contributed by atoms with Gasteiger partial charge in [0, 0.05) is 11.3 Å². The lowest BCUT2D eigenvalue weighted by Crippen LogP contribution is -2.29. The highest BCUT2D eigenvalue weighted by Gasteiger charge is 2.48. The first-order chi connectivity index (χ1) is 15.3. The first kappa shape index (κ1) is 20.9. The number of aliphatic hydroxyl groups excluding tert-OH is 1. The van der Waals surface area contributed by atoms with Crippen molar-refractivity contribution in [3.8, 4) is 11.8 Å². The molecule has 1 N–H and O–H groups in total. The fourth-order valence-electron chi connectivity index (χ4n) is 3.84. The number of ketones is 1. The molecule has 4 rings (SSSR count). The van der Waals surface area contributed by atoms with Crippen LogP contribution in [0.5, 0.6) is 5.75 Å². The number of benzene rings is 2. The standard InChI is InChI=1S/C25H20N2O5/c1-14-12-18(31-3)9-10-19(14)23(28)21-22(20-11-4-15(2)32-20)27(25(30)24(21)29)17-7-5-16(13-26)6-8-17/h4-12,22,28H,1-3H3/b23-21-. The zero-order valence-electron chi connectivity index (χ0n) is 17.7. The maximum atomic E-state index is 13.1. The largest absolute Gasteiger partial charge is 0.507 e. The number of nitrogens with zero attached hydrogens (tertiary/aromatic N) is 2. The van der Waals surface area contributed by atoms with Gasteiger partial charge >= 0.3 is 0 Å². The van der Waals surface area contributed by atoms with Crippen LogP contribution in [0.25, 0.3) is 5.76 Å². The third-order valence-corrected chi connectivity index (χ3v) is 5.44. The normalized spacial score (nSPS) is 17.4. The molecule has 2 aromatic carbocycles. The quantitative estimate of drug-likeness (QED) is 0.375. The number of furan rings is 1. The molecule has 1 aliphatic heterocycles. The first-order valence-corrected chi connectivity index (χ1v) is 9.88. The van der Waals surface area contributed by atoms with Crippen LogP contribution in [0.3, 0.4) is 0 Å². The molecule has 2 heterocycles. The zero-order chi connectivity index (χ0) is 23.0. The van der Waals surface area contributed by atoms with Gasteiger partial charge in [-0.05, 0) is 74.0 Å². The molecule has 32 heavy (non-hydrogen) atoms. The molecule has 7 nitrogen and oxygen atoms in total. The molecule has 1 atom stereocenters. The van der Waals surface area contributed by atoms with E-state index < -0.39 is 17.7 Å². The number of aliphatic hydroxyl groups is 1. The van der Waals surface area contributed by atoms with Crippen molar-refractivity contribution in [3.63, 3.8) is 0 Å². The van der Waals surface area contributed by atoms with Crippen molar-refractivity contribution in [1.82, 2.24) is 0 Å². The molecule has 1 aliphatic rings. The number of nitriles is 1. The maximum absolute atomic E-state index is 13.1. The number of hydrogen-bond donors (Lipinski definition) is 1. The predicted octanol–water partition coefficient (Wildman–Crippen LogP) is 4.40. The minimum Gasteiger partial charge on any atom is -0.507 e.